The second-order valence-corrected chi connectivity index (χ2v) is 4.03. The molecule has 0 amide bonds. The highest BCUT2D eigenvalue weighted by molar-refractivity contribution is 5.89. The molecule has 1 aromatic carbocycles. The molecule has 0 N–H and O–H groups in total. The topological polar surface area (TPSA) is 43.4 Å². The summed E-state index contributed by atoms with van der Waals surface area (Å²) >= 11 is 0. The molecule has 1 aliphatic carbocycles. The maximum absolute atomic E-state index is 11.7. The number of carbonyl (C=O) groups is 2. The van der Waals surface area contributed by atoms with Crippen LogP contribution < -0.4 is 0 Å². The fourth-order valence-corrected chi connectivity index (χ4v) is 1.88. The van der Waals surface area contributed by atoms with Crippen molar-refractivity contribution in [2.45, 2.75) is 31.8 Å². The number of rotatable bonds is 2. The van der Waals surface area contributed by atoms with Gasteiger partial charge >= 0.3 is 5.97 Å². The lowest BCUT2D eigenvalue weighted by atomic mass is 9.96. The summed E-state index contributed by atoms with van der Waals surface area (Å²) in [4.78, 5) is 22.9. The Morgan fingerprint density at radius 2 is 2.00 bits per heavy atom. The van der Waals surface area contributed by atoms with Gasteiger partial charge in [0.1, 0.15) is 11.9 Å². The van der Waals surface area contributed by atoms with Gasteiger partial charge in [-0.25, -0.2) is 4.79 Å². The van der Waals surface area contributed by atoms with Crippen molar-refractivity contribution in [3.8, 4) is 0 Å². The van der Waals surface area contributed by atoms with Gasteiger partial charge in [-0.05, 0) is 25.0 Å². The van der Waals surface area contributed by atoms with Crippen LogP contribution in [0.3, 0.4) is 0 Å². The van der Waals surface area contributed by atoms with E-state index in [1.165, 1.54) is 0 Å². The van der Waals surface area contributed by atoms with Crippen molar-refractivity contribution in [1.82, 2.24) is 0 Å². The van der Waals surface area contributed by atoms with Crippen LogP contribution in [0.25, 0.3) is 0 Å². The van der Waals surface area contributed by atoms with Crippen LogP contribution in [0.4, 0.5) is 0 Å². The zero-order chi connectivity index (χ0) is 11.4. The van der Waals surface area contributed by atoms with E-state index in [0.29, 0.717) is 18.4 Å². The fourth-order valence-electron chi connectivity index (χ4n) is 1.88. The smallest absolute Gasteiger partial charge is 0.338 e. The minimum Gasteiger partial charge on any atom is -0.458 e. The molecular formula is C13H14O3. The number of esters is 1. The predicted octanol–water partition coefficient (Wildman–Crippen LogP) is 2.36. The molecule has 0 aliphatic heterocycles. The van der Waals surface area contributed by atoms with Gasteiger partial charge in [0.25, 0.3) is 0 Å². The number of ketones is 1. The third kappa shape index (κ3) is 2.69. The van der Waals surface area contributed by atoms with Crippen molar-refractivity contribution in [2.24, 2.45) is 0 Å². The van der Waals surface area contributed by atoms with Gasteiger partial charge in [0.05, 0.1) is 5.56 Å². The predicted molar refractivity (Wildman–Crippen MR) is 59.1 cm³/mol. The average molecular weight is 218 g/mol. The molecule has 0 radical (unpaired) electrons. The lowest BCUT2D eigenvalue weighted by Crippen LogP contribution is -2.25. The zero-order valence-corrected chi connectivity index (χ0v) is 9.02. The molecule has 1 unspecified atom stereocenters. The number of carbonyl (C=O) groups excluding carboxylic acids is 2. The summed E-state index contributed by atoms with van der Waals surface area (Å²) in [6, 6.07) is 8.87. The highest BCUT2D eigenvalue weighted by Crippen LogP contribution is 2.19. The Labute approximate surface area is 94.4 Å². The number of hydrogen-bond donors (Lipinski definition) is 0. The molecule has 1 atom stereocenters. The number of hydrogen-bond acceptors (Lipinski definition) is 3. The zero-order valence-electron chi connectivity index (χ0n) is 9.02. The highest BCUT2D eigenvalue weighted by atomic mass is 16.5. The van der Waals surface area contributed by atoms with E-state index in [9.17, 15) is 9.59 Å². The Morgan fingerprint density at radius 1 is 1.25 bits per heavy atom. The lowest BCUT2D eigenvalue weighted by Gasteiger charge is -2.20. The summed E-state index contributed by atoms with van der Waals surface area (Å²) in [5, 5.41) is 0. The first-order valence-corrected chi connectivity index (χ1v) is 5.53. The van der Waals surface area contributed by atoms with Gasteiger partial charge in [-0.15, -0.1) is 0 Å². The molecule has 3 nitrogen and oxygen atoms in total. The highest BCUT2D eigenvalue weighted by Gasteiger charge is 2.23. The molecule has 1 aliphatic rings. The van der Waals surface area contributed by atoms with Crippen LogP contribution in [0.1, 0.15) is 36.0 Å². The molecule has 0 spiro atoms. The second kappa shape index (κ2) is 4.92. The molecule has 2 rings (SSSR count). The molecule has 1 saturated carbocycles. The van der Waals surface area contributed by atoms with Gasteiger partial charge in [0.2, 0.25) is 0 Å². The number of benzene rings is 1. The van der Waals surface area contributed by atoms with Crippen LogP contribution in [0, 0.1) is 0 Å². The Hall–Kier alpha value is -1.64. The SMILES string of the molecule is O=C1CCCC(OC(=O)c2ccccc2)C1. The summed E-state index contributed by atoms with van der Waals surface area (Å²) in [5.74, 6) is -0.141. The molecule has 1 aromatic rings. The van der Waals surface area contributed by atoms with Crippen LogP contribution in [0.5, 0.6) is 0 Å². The van der Waals surface area contributed by atoms with Crippen molar-refractivity contribution in [1.29, 1.82) is 0 Å². The van der Waals surface area contributed by atoms with Crippen LogP contribution >= 0.6 is 0 Å². The van der Waals surface area contributed by atoms with Crippen LogP contribution in [-0.2, 0) is 9.53 Å². The van der Waals surface area contributed by atoms with Crippen LogP contribution in [-0.4, -0.2) is 17.9 Å². The first-order valence-electron chi connectivity index (χ1n) is 5.53. The monoisotopic (exact) mass is 218 g/mol. The quantitative estimate of drug-likeness (QED) is 0.716. The van der Waals surface area contributed by atoms with Gasteiger partial charge < -0.3 is 4.74 Å². The molecule has 0 aromatic heterocycles. The van der Waals surface area contributed by atoms with Gasteiger partial charge in [-0.1, -0.05) is 18.2 Å². The number of ether oxygens (including phenoxy) is 1. The Bertz CT molecular complexity index is 383. The van der Waals surface area contributed by atoms with Crippen molar-refractivity contribution in [3.63, 3.8) is 0 Å². The summed E-state index contributed by atoms with van der Waals surface area (Å²) in [5.41, 5.74) is 0.542. The normalized spacial score (nSPS) is 20.5. The van der Waals surface area contributed by atoms with Gasteiger partial charge in [-0.3, -0.25) is 4.79 Å². The van der Waals surface area contributed by atoms with Crippen LogP contribution in [0.15, 0.2) is 30.3 Å². The fraction of sp³-hybridized carbons (Fsp3) is 0.385. The van der Waals surface area contributed by atoms with E-state index in [1.54, 1.807) is 24.3 Å². The third-order valence-electron chi connectivity index (χ3n) is 2.72. The van der Waals surface area contributed by atoms with Gasteiger partial charge in [0, 0.05) is 12.8 Å². The number of Topliss-reactive ketones (excluding diaryl/α,β-unsaturated/α-hetero) is 1. The van der Waals surface area contributed by atoms with Crippen molar-refractivity contribution in [3.05, 3.63) is 35.9 Å². The van der Waals surface area contributed by atoms with Gasteiger partial charge in [-0.2, -0.15) is 0 Å². The summed E-state index contributed by atoms with van der Waals surface area (Å²) in [6.45, 7) is 0. The first kappa shape index (κ1) is 10.9. The minimum atomic E-state index is -0.333. The minimum absolute atomic E-state index is 0.192. The first-order chi connectivity index (χ1) is 7.75. The summed E-state index contributed by atoms with van der Waals surface area (Å²) < 4.78 is 5.29. The Morgan fingerprint density at radius 3 is 2.69 bits per heavy atom. The van der Waals surface area contributed by atoms with Crippen molar-refractivity contribution < 1.29 is 14.3 Å². The molecule has 0 saturated heterocycles. The van der Waals surface area contributed by atoms with Crippen LogP contribution in [0.2, 0.25) is 0 Å². The average Bonchev–Trinajstić information content (AvgIpc) is 2.30. The van der Waals surface area contributed by atoms with E-state index < -0.39 is 0 Å². The summed E-state index contributed by atoms with van der Waals surface area (Å²) in [7, 11) is 0. The van der Waals surface area contributed by atoms with Gasteiger partial charge in [0.15, 0.2) is 0 Å². The second-order valence-electron chi connectivity index (χ2n) is 4.03. The summed E-state index contributed by atoms with van der Waals surface area (Å²) in [6.07, 6.45) is 2.39. The Balaban J connectivity index is 1.95. The van der Waals surface area contributed by atoms with Crippen molar-refractivity contribution >= 4 is 11.8 Å². The van der Waals surface area contributed by atoms with E-state index in [1.807, 2.05) is 6.07 Å². The third-order valence-corrected chi connectivity index (χ3v) is 2.72. The molecule has 84 valence electrons. The molecule has 16 heavy (non-hydrogen) atoms. The maximum Gasteiger partial charge on any atom is 0.338 e. The van der Waals surface area contributed by atoms with E-state index in [-0.39, 0.29) is 17.9 Å². The van der Waals surface area contributed by atoms with E-state index in [0.717, 1.165) is 12.8 Å². The lowest BCUT2D eigenvalue weighted by molar-refractivity contribution is -0.123. The molecule has 0 heterocycles. The van der Waals surface area contributed by atoms with E-state index in [2.05, 4.69) is 0 Å². The maximum atomic E-state index is 11.7. The Kier molecular flexibility index (Phi) is 3.34. The molecule has 1 fully saturated rings. The van der Waals surface area contributed by atoms with Crippen molar-refractivity contribution in [2.75, 3.05) is 0 Å². The molecular weight excluding hydrogens is 204 g/mol. The molecule has 0 bridgehead atoms. The standard InChI is InChI=1S/C13H14O3/c14-11-7-4-8-12(9-11)16-13(15)10-5-2-1-3-6-10/h1-3,5-6,12H,4,7-9H2. The van der Waals surface area contributed by atoms with E-state index in [4.69, 9.17) is 4.74 Å². The largest absolute Gasteiger partial charge is 0.458 e. The molecule has 3 heteroatoms. The van der Waals surface area contributed by atoms with E-state index >= 15 is 0 Å².